The van der Waals surface area contributed by atoms with Gasteiger partial charge >= 0.3 is 5.97 Å². The Bertz CT molecular complexity index is 1140. The molecule has 1 aromatic heterocycles. The zero-order valence-electron chi connectivity index (χ0n) is 17.1. The van der Waals surface area contributed by atoms with Gasteiger partial charge in [0.15, 0.2) is 0 Å². The van der Waals surface area contributed by atoms with Gasteiger partial charge < -0.3 is 4.74 Å². The minimum Gasteiger partial charge on any atom is -0.458 e. The second-order valence-corrected chi connectivity index (χ2v) is 7.09. The van der Waals surface area contributed by atoms with E-state index in [4.69, 9.17) is 10.00 Å². The molecule has 5 nitrogen and oxygen atoms in total. The smallest absolute Gasteiger partial charge is 0.331 e. The summed E-state index contributed by atoms with van der Waals surface area (Å²) < 4.78 is 20.9. The number of nitrogens with zero attached hydrogens (tertiary/aromatic N) is 3. The summed E-state index contributed by atoms with van der Waals surface area (Å²) >= 11 is 0. The Morgan fingerprint density at radius 1 is 1.20 bits per heavy atom. The quantitative estimate of drug-likeness (QED) is 0.445. The summed E-state index contributed by atoms with van der Waals surface area (Å²) in [6, 6.07) is 14.2. The number of nitriles is 1. The Hall–Kier alpha value is -3.72. The van der Waals surface area contributed by atoms with Crippen LogP contribution in [0.2, 0.25) is 0 Å². The van der Waals surface area contributed by atoms with E-state index in [0.29, 0.717) is 6.54 Å². The monoisotopic (exact) mass is 403 g/mol. The third kappa shape index (κ3) is 5.00. The number of esters is 1. The maximum atomic E-state index is 13.9. The summed E-state index contributed by atoms with van der Waals surface area (Å²) in [5.74, 6) is -1.15. The lowest BCUT2D eigenvalue weighted by Crippen LogP contribution is -2.04. The normalized spacial score (nSPS) is 10.9. The molecular weight excluding hydrogens is 381 g/mol. The fourth-order valence-electron chi connectivity index (χ4n) is 3.05. The third-order valence-electron chi connectivity index (χ3n) is 4.83. The molecule has 0 saturated carbocycles. The molecule has 0 aliphatic rings. The van der Waals surface area contributed by atoms with E-state index in [1.54, 1.807) is 6.08 Å². The number of halogens is 1. The molecule has 0 aliphatic carbocycles. The highest BCUT2D eigenvalue weighted by Crippen LogP contribution is 2.17. The number of hydrogen-bond donors (Lipinski definition) is 0. The minimum atomic E-state index is -0.580. The molecule has 0 aliphatic heterocycles. The molecule has 0 amide bonds. The van der Waals surface area contributed by atoms with Crippen LogP contribution in [0.1, 0.15) is 39.2 Å². The van der Waals surface area contributed by atoms with Gasteiger partial charge in [-0.2, -0.15) is 10.4 Å². The highest BCUT2D eigenvalue weighted by Gasteiger charge is 2.11. The summed E-state index contributed by atoms with van der Waals surface area (Å²) in [6.45, 7) is 6.32. The molecule has 0 bridgehead atoms. The van der Waals surface area contributed by atoms with E-state index in [-0.39, 0.29) is 17.7 Å². The van der Waals surface area contributed by atoms with Crippen LogP contribution >= 0.6 is 0 Å². The Morgan fingerprint density at radius 3 is 2.60 bits per heavy atom. The van der Waals surface area contributed by atoms with Crippen LogP contribution in [0.5, 0.6) is 0 Å². The summed E-state index contributed by atoms with van der Waals surface area (Å²) in [4.78, 5) is 12.1. The lowest BCUT2D eigenvalue weighted by Gasteiger charge is -2.05. The van der Waals surface area contributed by atoms with E-state index in [1.165, 1.54) is 23.8 Å². The summed E-state index contributed by atoms with van der Waals surface area (Å²) in [5.41, 5.74) is 5.38. The maximum Gasteiger partial charge on any atom is 0.331 e. The Balaban J connectivity index is 1.65. The topological polar surface area (TPSA) is 67.9 Å². The molecule has 0 spiro atoms. The van der Waals surface area contributed by atoms with Crippen molar-refractivity contribution in [1.82, 2.24) is 9.78 Å². The van der Waals surface area contributed by atoms with E-state index in [2.05, 4.69) is 29.4 Å². The fourth-order valence-corrected chi connectivity index (χ4v) is 3.05. The van der Waals surface area contributed by atoms with Crippen LogP contribution < -0.4 is 0 Å². The van der Waals surface area contributed by atoms with Crippen molar-refractivity contribution in [3.8, 4) is 6.07 Å². The zero-order chi connectivity index (χ0) is 21.7. The highest BCUT2D eigenvalue weighted by atomic mass is 19.1. The van der Waals surface area contributed by atoms with Crippen molar-refractivity contribution in [3.05, 3.63) is 93.6 Å². The molecule has 152 valence electrons. The number of hydrogen-bond acceptors (Lipinski definition) is 4. The van der Waals surface area contributed by atoms with Crippen LogP contribution in [-0.4, -0.2) is 15.7 Å². The van der Waals surface area contributed by atoms with Crippen molar-refractivity contribution in [2.45, 2.75) is 33.9 Å². The van der Waals surface area contributed by atoms with E-state index in [1.807, 2.05) is 31.5 Å². The second kappa shape index (κ2) is 9.19. The molecule has 0 N–H and O–H groups in total. The molecule has 1 heterocycles. The Kier molecular flexibility index (Phi) is 6.43. The van der Waals surface area contributed by atoms with E-state index in [0.717, 1.165) is 28.6 Å². The van der Waals surface area contributed by atoms with Crippen molar-refractivity contribution < 1.29 is 13.9 Å². The van der Waals surface area contributed by atoms with Crippen molar-refractivity contribution in [1.29, 1.82) is 5.26 Å². The second-order valence-electron chi connectivity index (χ2n) is 7.09. The highest BCUT2D eigenvalue weighted by molar-refractivity contribution is 5.87. The number of aryl methyl sites for hydroxylation is 2. The van der Waals surface area contributed by atoms with Gasteiger partial charge in [-0.25, -0.2) is 9.18 Å². The Morgan fingerprint density at radius 2 is 1.93 bits per heavy atom. The number of aromatic nitrogens is 2. The average Bonchev–Trinajstić information content (AvgIpc) is 2.99. The predicted octanol–water partition coefficient (Wildman–Crippen LogP) is 4.62. The molecule has 6 heteroatoms. The fraction of sp³-hybridized carbons (Fsp3) is 0.208. The number of carbonyl (C=O) groups is 1. The number of benzene rings is 2. The third-order valence-corrected chi connectivity index (χ3v) is 4.83. The molecule has 0 unspecified atom stereocenters. The van der Waals surface area contributed by atoms with Gasteiger partial charge in [0.05, 0.1) is 23.9 Å². The van der Waals surface area contributed by atoms with Gasteiger partial charge in [-0.15, -0.1) is 0 Å². The van der Waals surface area contributed by atoms with Gasteiger partial charge in [-0.1, -0.05) is 35.9 Å². The van der Waals surface area contributed by atoms with Crippen molar-refractivity contribution in [3.63, 3.8) is 0 Å². The van der Waals surface area contributed by atoms with Gasteiger partial charge in [0.25, 0.3) is 0 Å². The molecule has 0 atom stereocenters. The van der Waals surface area contributed by atoms with Crippen molar-refractivity contribution in [2.75, 3.05) is 0 Å². The standard InChI is InChI=1S/C24H22FN3O2/c1-16-4-6-19(7-5-16)14-28-18(3)22(17(2)27-28)10-11-24(29)30-15-21-9-8-20(13-26)12-23(21)25/h4-12H,14-15H2,1-3H3/b11-10-. The van der Waals surface area contributed by atoms with Crippen LogP contribution in [-0.2, 0) is 22.7 Å². The number of ether oxygens (including phenoxy) is 1. The first-order valence-electron chi connectivity index (χ1n) is 9.50. The largest absolute Gasteiger partial charge is 0.458 e. The summed E-state index contributed by atoms with van der Waals surface area (Å²) in [6.07, 6.45) is 2.98. The lowest BCUT2D eigenvalue weighted by atomic mass is 10.1. The van der Waals surface area contributed by atoms with Gasteiger partial charge in [0.2, 0.25) is 0 Å². The Labute approximate surface area is 175 Å². The average molecular weight is 403 g/mol. The van der Waals surface area contributed by atoms with E-state index >= 15 is 0 Å². The van der Waals surface area contributed by atoms with Gasteiger partial charge in [0.1, 0.15) is 12.4 Å². The lowest BCUT2D eigenvalue weighted by molar-refractivity contribution is -0.138. The SMILES string of the molecule is Cc1ccc(Cn2nc(C)c(/C=C\C(=O)OCc3ccc(C#N)cc3F)c2C)cc1. The summed E-state index contributed by atoms with van der Waals surface area (Å²) in [5, 5.41) is 13.3. The molecule has 3 aromatic rings. The van der Waals surface area contributed by atoms with Crippen molar-refractivity contribution >= 4 is 12.0 Å². The van der Waals surface area contributed by atoms with E-state index < -0.39 is 11.8 Å². The van der Waals surface area contributed by atoms with Gasteiger partial charge in [0, 0.05) is 22.9 Å². The molecule has 3 rings (SSSR count). The summed E-state index contributed by atoms with van der Waals surface area (Å²) in [7, 11) is 0. The molecule has 30 heavy (non-hydrogen) atoms. The first kappa shape index (κ1) is 21.0. The molecule has 2 aromatic carbocycles. The van der Waals surface area contributed by atoms with Gasteiger partial charge in [-0.05, 0) is 44.5 Å². The van der Waals surface area contributed by atoms with Crippen LogP contribution in [0, 0.1) is 37.9 Å². The predicted molar refractivity (Wildman–Crippen MR) is 112 cm³/mol. The van der Waals surface area contributed by atoms with Crippen LogP contribution in [0.4, 0.5) is 4.39 Å². The molecular formula is C24H22FN3O2. The van der Waals surface area contributed by atoms with Crippen molar-refractivity contribution in [2.24, 2.45) is 0 Å². The first-order chi connectivity index (χ1) is 14.4. The van der Waals surface area contributed by atoms with Gasteiger partial charge in [-0.3, -0.25) is 4.68 Å². The maximum absolute atomic E-state index is 13.9. The molecule has 0 saturated heterocycles. The van der Waals surface area contributed by atoms with Crippen LogP contribution in [0.3, 0.4) is 0 Å². The van der Waals surface area contributed by atoms with Crippen LogP contribution in [0.25, 0.3) is 6.08 Å². The van der Waals surface area contributed by atoms with E-state index in [9.17, 15) is 9.18 Å². The molecule has 0 fully saturated rings. The minimum absolute atomic E-state index is 0.203. The first-order valence-corrected chi connectivity index (χ1v) is 9.50. The molecule has 0 radical (unpaired) electrons. The number of carbonyl (C=O) groups excluding carboxylic acids is 1. The zero-order valence-corrected chi connectivity index (χ0v) is 17.1. The number of rotatable bonds is 6. The van der Waals surface area contributed by atoms with Crippen LogP contribution in [0.15, 0.2) is 48.5 Å².